The Balaban J connectivity index is 1.17. The number of hydrogen-bond acceptors (Lipinski definition) is 5. The molecule has 2 heterocycles. The fraction of sp³-hybridized carbons (Fsp3) is 0.571. The Morgan fingerprint density at radius 3 is 2.75 bits per heavy atom. The maximum absolute atomic E-state index is 13.4. The van der Waals surface area contributed by atoms with E-state index in [1.54, 1.807) is 12.1 Å². The standard InChI is InChI=1S/C21H25FN4O2/c1-13(19(27)26-9-7-21(5-6-21)8-10-26)23-20-25-24-18(28-20)17-12-16(17)14-3-2-4-15(22)11-14/h2-4,11,13,16-17H,5-10,12H2,1H3,(H,23,25)/t13-,16-,17-/m0/s1. The van der Waals surface area contributed by atoms with Gasteiger partial charge in [0.1, 0.15) is 11.9 Å². The summed E-state index contributed by atoms with van der Waals surface area (Å²) in [5, 5.41) is 11.2. The molecule has 3 atom stereocenters. The molecule has 1 spiro atoms. The lowest BCUT2D eigenvalue weighted by Crippen LogP contribution is -2.45. The molecule has 148 valence electrons. The fourth-order valence-electron chi connectivity index (χ4n) is 4.42. The summed E-state index contributed by atoms with van der Waals surface area (Å²) in [5.74, 6) is 0.733. The van der Waals surface area contributed by atoms with Gasteiger partial charge in [-0.05, 0) is 68.1 Å². The van der Waals surface area contributed by atoms with Gasteiger partial charge >= 0.3 is 6.01 Å². The molecule has 0 unspecified atom stereocenters. The van der Waals surface area contributed by atoms with Crippen molar-refractivity contribution in [2.45, 2.75) is 56.9 Å². The SMILES string of the molecule is C[C@H](Nc1nnc([C@H]2C[C@H]2c2cccc(F)c2)o1)C(=O)N1CCC2(CC1)CC2. The summed E-state index contributed by atoms with van der Waals surface area (Å²) in [6.45, 7) is 3.52. The lowest BCUT2D eigenvalue weighted by Gasteiger charge is -2.33. The molecule has 1 N–H and O–H groups in total. The van der Waals surface area contributed by atoms with E-state index < -0.39 is 6.04 Å². The lowest BCUT2D eigenvalue weighted by molar-refractivity contribution is -0.133. The first kappa shape index (κ1) is 17.6. The number of amides is 1. The van der Waals surface area contributed by atoms with E-state index in [-0.39, 0.29) is 29.6 Å². The van der Waals surface area contributed by atoms with E-state index >= 15 is 0 Å². The number of halogens is 1. The van der Waals surface area contributed by atoms with E-state index in [2.05, 4.69) is 15.5 Å². The first-order valence-corrected chi connectivity index (χ1v) is 10.2. The Morgan fingerprint density at radius 1 is 1.25 bits per heavy atom. The smallest absolute Gasteiger partial charge is 0.316 e. The molecule has 1 saturated heterocycles. The summed E-state index contributed by atoms with van der Waals surface area (Å²) in [7, 11) is 0. The van der Waals surface area contributed by atoms with Gasteiger partial charge in [-0.15, -0.1) is 5.10 Å². The Kier molecular flexibility index (Phi) is 4.14. The summed E-state index contributed by atoms with van der Waals surface area (Å²) in [6.07, 6.45) is 5.77. The van der Waals surface area contributed by atoms with Gasteiger partial charge in [-0.3, -0.25) is 4.79 Å². The molecule has 1 aromatic heterocycles. The Labute approximate surface area is 163 Å². The lowest BCUT2D eigenvalue weighted by atomic mass is 9.93. The van der Waals surface area contributed by atoms with Crippen LogP contribution < -0.4 is 5.32 Å². The second-order valence-electron chi connectivity index (χ2n) is 8.64. The van der Waals surface area contributed by atoms with Gasteiger partial charge in [0.15, 0.2) is 0 Å². The number of anilines is 1. The van der Waals surface area contributed by atoms with Crippen LogP contribution in [0.3, 0.4) is 0 Å². The van der Waals surface area contributed by atoms with E-state index in [0.29, 0.717) is 11.3 Å². The van der Waals surface area contributed by atoms with Crippen LogP contribution in [0.5, 0.6) is 0 Å². The molecular formula is C21H25FN4O2. The van der Waals surface area contributed by atoms with Crippen LogP contribution in [0.2, 0.25) is 0 Å². The van der Waals surface area contributed by atoms with Crippen molar-refractivity contribution in [1.29, 1.82) is 0 Å². The van der Waals surface area contributed by atoms with Gasteiger partial charge in [-0.25, -0.2) is 4.39 Å². The number of aromatic nitrogens is 2. The molecule has 28 heavy (non-hydrogen) atoms. The van der Waals surface area contributed by atoms with Crippen molar-refractivity contribution in [2.75, 3.05) is 18.4 Å². The van der Waals surface area contributed by atoms with Crippen molar-refractivity contribution in [1.82, 2.24) is 15.1 Å². The second-order valence-corrected chi connectivity index (χ2v) is 8.64. The molecule has 5 rings (SSSR count). The van der Waals surface area contributed by atoms with Crippen LogP contribution in [-0.2, 0) is 4.79 Å². The van der Waals surface area contributed by atoms with Crippen molar-refractivity contribution < 1.29 is 13.6 Å². The molecule has 2 aliphatic carbocycles. The van der Waals surface area contributed by atoms with Crippen molar-refractivity contribution in [2.24, 2.45) is 5.41 Å². The Morgan fingerprint density at radius 2 is 2.04 bits per heavy atom. The minimum Gasteiger partial charge on any atom is -0.408 e. The normalized spacial score (nSPS) is 26.1. The number of carbonyl (C=O) groups excluding carboxylic acids is 1. The van der Waals surface area contributed by atoms with Crippen LogP contribution in [-0.4, -0.2) is 40.1 Å². The zero-order valence-corrected chi connectivity index (χ0v) is 16.0. The minimum absolute atomic E-state index is 0.0827. The first-order chi connectivity index (χ1) is 13.5. The average molecular weight is 384 g/mol. The molecule has 2 aromatic rings. The van der Waals surface area contributed by atoms with Crippen LogP contribution in [0.1, 0.15) is 62.3 Å². The number of nitrogens with zero attached hydrogens (tertiary/aromatic N) is 3. The van der Waals surface area contributed by atoms with E-state index in [0.717, 1.165) is 37.9 Å². The van der Waals surface area contributed by atoms with Crippen molar-refractivity contribution >= 4 is 11.9 Å². The number of rotatable bonds is 5. The van der Waals surface area contributed by atoms with Crippen molar-refractivity contribution in [3.05, 3.63) is 41.5 Å². The second kappa shape index (κ2) is 6.57. The van der Waals surface area contributed by atoms with Crippen LogP contribution in [0.25, 0.3) is 0 Å². The average Bonchev–Trinajstić information content (AvgIpc) is 3.61. The molecular weight excluding hydrogens is 359 g/mol. The van der Waals surface area contributed by atoms with Gasteiger partial charge in [0.2, 0.25) is 11.8 Å². The third kappa shape index (κ3) is 3.38. The number of benzene rings is 1. The highest BCUT2D eigenvalue weighted by Crippen LogP contribution is 2.54. The summed E-state index contributed by atoms with van der Waals surface area (Å²) in [6, 6.07) is 6.52. The predicted octanol–water partition coefficient (Wildman–Crippen LogP) is 3.68. The zero-order valence-electron chi connectivity index (χ0n) is 16.0. The predicted molar refractivity (Wildman–Crippen MR) is 101 cm³/mol. The number of nitrogens with one attached hydrogen (secondary N) is 1. The van der Waals surface area contributed by atoms with Crippen LogP contribution >= 0.6 is 0 Å². The number of piperidine rings is 1. The van der Waals surface area contributed by atoms with E-state index in [1.165, 1.54) is 18.9 Å². The van der Waals surface area contributed by atoms with Gasteiger partial charge in [-0.1, -0.05) is 17.2 Å². The topological polar surface area (TPSA) is 71.3 Å². The highest BCUT2D eigenvalue weighted by atomic mass is 19.1. The van der Waals surface area contributed by atoms with Crippen molar-refractivity contribution in [3.63, 3.8) is 0 Å². The van der Waals surface area contributed by atoms with E-state index in [1.807, 2.05) is 17.9 Å². The molecule has 3 aliphatic rings. The fourth-order valence-corrected chi connectivity index (χ4v) is 4.42. The zero-order chi connectivity index (χ0) is 19.3. The highest BCUT2D eigenvalue weighted by Gasteiger charge is 2.46. The third-order valence-electron chi connectivity index (χ3n) is 6.63. The summed E-state index contributed by atoms with van der Waals surface area (Å²) in [5.41, 5.74) is 1.51. The molecule has 3 fully saturated rings. The maximum atomic E-state index is 13.4. The highest BCUT2D eigenvalue weighted by molar-refractivity contribution is 5.83. The van der Waals surface area contributed by atoms with Crippen molar-refractivity contribution in [3.8, 4) is 0 Å². The molecule has 2 saturated carbocycles. The number of hydrogen-bond donors (Lipinski definition) is 1. The molecule has 1 amide bonds. The van der Waals surface area contributed by atoms with Gasteiger partial charge in [0.05, 0.1) is 0 Å². The largest absolute Gasteiger partial charge is 0.408 e. The van der Waals surface area contributed by atoms with Gasteiger partial charge in [0, 0.05) is 19.0 Å². The summed E-state index contributed by atoms with van der Waals surface area (Å²) < 4.78 is 19.2. The summed E-state index contributed by atoms with van der Waals surface area (Å²) >= 11 is 0. The Bertz CT molecular complexity index is 884. The maximum Gasteiger partial charge on any atom is 0.316 e. The van der Waals surface area contributed by atoms with E-state index in [9.17, 15) is 9.18 Å². The van der Waals surface area contributed by atoms with E-state index in [4.69, 9.17) is 4.42 Å². The van der Waals surface area contributed by atoms with Gasteiger partial charge in [-0.2, -0.15) is 0 Å². The quantitative estimate of drug-likeness (QED) is 0.851. The molecule has 6 nitrogen and oxygen atoms in total. The number of carbonyl (C=O) groups is 1. The van der Waals surface area contributed by atoms with Crippen LogP contribution in [0.4, 0.5) is 10.4 Å². The van der Waals surface area contributed by atoms with Gasteiger partial charge in [0.25, 0.3) is 0 Å². The third-order valence-corrected chi connectivity index (χ3v) is 6.63. The van der Waals surface area contributed by atoms with Crippen LogP contribution in [0.15, 0.2) is 28.7 Å². The summed E-state index contributed by atoms with van der Waals surface area (Å²) in [4.78, 5) is 14.6. The Hall–Kier alpha value is -2.44. The molecule has 0 radical (unpaired) electrons. The number of likely N-dealkylation sites (tertiary alicyclic amines) is 1. The monoisotopic (exact) mass is 384 g/mol. The van der Waals surface area contributed by atoms with Gasteiger partial charge < -0.3 is 14.6 Å². The molecule has 0 bridgehead atoms. The molecule has 1 aromatic carbocycles. The minimum atomic E-state index is -0.403. The van der Waals surface area contributed by atoms with Crippen LogP contribution in [0, 0.1) is 11.2 Å². The molecule has 1 aliphatic heterocycles. The first-order valence-electron chi connectivity index (χ1n) is 10.2. The molecule has 7 heteroatoms.